The number of carbonyl (C=O) groups excluding carboxylic acids is 5. The molecule has 3 saturated heterocycles. The van der Waals surface area contributed by atoms with Gasteiger partial charge in [0.05, 0.1) is 11.1 Å². The molecule has 5 aliphatic carbocycles. The van der Waals surface area contributed by atoms with Gasteiger partial charge in [-0.2, -0.15) is 13.2 Å². The van der Waals surface area contributed by atoms with Gasteiger partial charge in [0.2, 0.25) is 23.6 Å². The van der Waals surface area contributed by atoms with Crippen LogP contribution in [0.15, 0.2) is 48.7 Å². The SMILES string of the molecule is CC(C)(C)C[C@@H]1N[C@@H](C(=O)N(C2CC2)C23CCC(C(=O)N4CCC5(CC4)C[C@@H]5C#Cc4cccc5c4CN(C4CCC(=O)NC4=O)C5=O)(CC2)CC3)[C@H](c2cccc(Cl)c2F)[C@]12CNc1cc(C(F)(F)F)ncc12. The number of halogens is 5. The summed E-state index contributed by atoms with van der Waals surface area (Å²) in [7, 11) is 0. The number of fused-ring (bicyclic) bond motifs is 6. The van der Waals surface area contributed by atoms with Crippen LogP contribution in [-0.4, -0.2) is 98.6 Å². The fraction of sp³-hybridized carbons (Fsp3) is 0.579. The van der Waals surface area contributed by atoms with Gasteiger partial charge in [-0.15, -0.1) is 0 Å². The second kappa shape index (κ2) is 17.2. The van der Waals surface area contributed by atoms with Crippen molar-refractivity contribution in [1.82, 2.24) is 30.3 Å². The average Bonchev–Trinajstić information content (AvgIpc) is 4.22. The Morgan fingerprint density at radius 2 is 1.66 bits per heavy atom. The van der Waals surface area contributed by atoms with E-state index in [0.717, 1.165) is 49.3 Å². The van der Waals surface area contributed by atoms with E-state index in [0.29, 0.717) is 75.6 Å². The normalized spacial score (nSPS) is 31.7. The predicted octanol–water partition coefficient (Wildman–Crippen LogP) is 8.64. The molecule has 2 spiro atoms. The summed E-state index contributed by atoms with van der Waals surface area (Å²) in [6.07, 6.45) is 5.96. The molecule has 2 bridgehead atoms. The van der Waals surface area contributed by atoms with Crippen LogP contribution >= 0.6 is 11.6 Å². The maximum Gasteiger partial charge on any atom is 0.433 e. The van der Waals surface area contributed by atoms with Crippen LogP contribution < -0.4 is 16.0 Å². The van der Waals surface area contributed by atoms with Crippen LogP contribution in [0.4, 0.5) is 23.2 Å². The van der Waals surface area contributed by atoms with E-state index in [4.69, 9.17) is 11.6 Å². The lowest BCUT2D eigenvalue weighted by Crippen LogP contribution is -2.64. The average molecular weight is 1040 g/mol. The van der Waals surface area contributed by atoms with Gasteiger partial charge in [0.15, 0.2) is 0 Å². The van der Waals surface area contributed by atoms with Crippen LogP contribution in [0.25, 0.3) is 0 Å². The van der Waals surface area contributed by atoms with Crippen molar-refractivity contribution in [2.24, 2.45) is 22.2 Å². The van der Waals surface area contributed by atoms with Gasteiger partial charge in [-0.1, -0.05) is 62.4 Å². The third-order valence-corrected chi connectivity index (χ3v) is 19.4. The van der Waals surface area contributed by atoms with E-state index in [9.17, 15) is 32.3 Å². The number of likely N-dealkylation sites (tertiary alicyclic amines) is 1. The van der Waals surface area contributed by atoms with Crippen molar-refractivity contribution in [1.29, 1.82) is 0 Å². The molecule has 1 aromatic heterocycles. The van der Waals surface area contributed by atoms with Crippen molar-refractivity contribution in [3.63, 3.8) is 0 Å². The first-order chi connectivity index (χ1) is 35.2. The number of nitrogens with one attached hydrogen (secondary N) is 3. The molecule has 12 nitrogen and oxygen atoms in total. The quantitative estimate of drug-likeness (QED) is 0.121. The molecule has 0 radical (unpaired) electrons. The molecular formula is C57H62ClF4N7O5. The van der Waals surface area contributed by atoms with E-state index in [1.807, 2.05) is 12.1 Å². The molecule has 6 heterocycles. The summed E-state index contributed by atoms with van der Waals surface area (Å²) in [4.78, 5) is 78.1. The maximum absolute atomic E-state index is 16.7. The molecule has 3 N–H and O–H groups in total. The van der Waals surface area contributed by atoms with Gasteiger partial charge in [0, 0.05) is 101 Å². The monoisotopic (exact) mass is 1040 g/mol. The Balaban J connectivity index is 0.749. The Morgan fingerprint density at radius 1 is 0.946 bits per heavy atom. The number of nitrogens with zero attached hydrogens (tertiary/aromatic N) is 4. The fourth-order valence-corrected chi connectivity index (χ4v) is 15.1. The minimum absolute atomic E-state index is 0.0104. The minimum Gasteiger partial charge on any atom is -0.384 e. The first kappa shape index (κ1) is 49.4. The van der Waals surface area contributed by atoms with Gasteiger partial charge in [-0.25, -0.2) is 4.39 Å². The summed E-state index contributed by atoms with van der Waals surface area (Å²) < 4.78 is 58.9. The Hall–Kier alpha value is -5.53. The summed E-state index contributed by atoms with van der Waals surface area (Å²) >= 11 is 6.52. The number of rotatable bonds is 7. The fourth-order valence-electron chi connectivity index (χ4n) is 14.9. The molecule has 5 saturated carbocycles. The molecule has 1 unspecified atom stereocenters. The Labute approximate surface area is 433 Å². The molecule has 390 valence electrons. The summed E-state index contributed by atoms with van der Waals surface area (Å²) in [5.74, 6) is 4.66. The highest BCUT2D eigenvalue weighted by Gasteiger charge is 2.66. The van der Waals surface area contributed by atoms with E-state index in [1.54, 1.807) is 23.1 Å². The van der Waals surface area contributed by atoms with Crippen LogP contribution in [0.1, 0.15) is 155 Å². The summed E-state index contributed by atoms with van der Waals surface area (Å²) in [6.45, 7) is 7.99. The molecule has 2 aromatic carbocycles. The molecule has 8 fully saturated rings. The van der Waals surface area contributed by atoms with E-state index < -0.39 is 64.0 Å². The van der Waals surface area contributed by atoms with Crippen LogP contribution in [0, 0.1) is 39.8 Å². The molecule has 13 rings (SSSR count). The molecular weight excluding hydrogens is 974 g/mol. The number of amides is 5. The zero-order valence-corrected chi connectivity index (χ0v) is 42.8. The maximum atomic E-state index is 16.7. The lowest BCUT2D eigenvalue weighted by molar-refractivity contribution is -0.161. The molecule has 3 aromatic rings. The van der Waals surface area contributed by atoms with E-state index in [2.05, 4.69) is 63.3 Å². The Bertz CT molecular complexity index is 2950. The second-order valence-electron chi connectivity index (χ2n) is 24.4. The number of anilines is 1. The van der Waals surface area contributed by atoms with Gasteiger partial charge >= 0.3 is 6.18 Å². The van der Waals surface area contributed by atoms with Crippen LogP contribution in [-0.2, 0) is 37.3 Å². The van der Waals surface area contributed by atoms with Crippen molar-refractivity contribution in [3.05, 3.63) is 93.0 Å². The zero-order chi connectivity index (χ0) is 51.9. The van der Waals surface area contributed by atoms with Crippen molar-refractivity contribution >= 4 is 46.8 Å². The topological polar surface area (TPSA) is 144 Å². The largest absolute Gasteiger partial charge is 0.433 e. The number of alkyl halides is 3. The number of piperidine rings is 2. The summed E-state index contributed by atoms with van der Waals surface area (Å²) in [6, 6.07) is 9.24. The van der Waals surface area contributed by atoms with Gasteiger partial charge in [0.1, 0.15) is 17.6 Å². The highest BCUT2D eigenvalue weighted by Crippen LogP contribution is 2.62. The number of hydrogen-bond donors (Lipinski definition) is 3. The lowest BCUT2D eigenvalue weighted by atomic mass is 9.55. The van der Waals surface area contributed by atoms with E-state index in [-0.39, 0.29) is 82.2 Å². The standard InChI is InChI=1S/C57H62ClF4N7O5/c1-52(2,3)28-43-56(31-64-40-26-42(57(60,61)62)63-29-38(40)56)45(36-8-5-9-39(58)46(36)59)47(65-43)50(73)69(34-12-13-34)55-19-16-53(17-20-55,18-21-55)51(74)67-24-22-54(23-25-67)27-33(54)11-10-32-6-4-7-35-37(32)30-68(49(35)72)41-14-15-44(70)66-48(41)71/h4-9,26,29,33-34,41,43,45,47,64-65H,12-25,27-28,30-31H2,1-3H3,(H,66,70,71)/t33-,41?,43-,45-,47+,53?,55?,56-/m0/s1. The predicted molar refractivity (Wildman–Crippen MR) is 267 cm³/mol. The van der Waals surface area contributed by atoms with Crippen LogP contribution in [0.2, 0.25) is 5.02 Å². The third kappa shape index (κ3) is 7.94. The van der Waals surface area contributed by atoms with Gasteiger partial charge in [0.25, 0.3) is 5.91 Å². The molecule has 10 aliphatic rings. The first-order valence-corrected chi connectivity index (χ1v) is 27.0. The van der Waals surface area contributed by atoms with E-state index >= 15 is 9.18 Å². The Kier molecular flexibility index (Phi) is 11.5. The number of benzene rings is 2. The van der Waals surface area contributed by atoms with Crippen LogP contribution in [0.3, 0.4) is 0 Å². The van der Waals surface area contributed by atoms with Crippen molar-refractivity contribution < 1.29 is 41.5 Å². The zero-order valence-electron chi connectivity index (χ0n) is 42.0. The summed E-state index contributed by atoms with van der Waals surface area (Å²) in [5, 5.41) is 9.28. The van der Waals surface area contributed by atoms with E-state index in [1.165, 1.54) is 12.3 Å². The smallest absolute Gasteiger partial charge is 0.384 e. The third-order valence-electron chi connectivity index (χ3n) is 19.1. The van der Waals surface area contributed by atoms with Crippen molar-refractivity contribution in [3.8, 4) is 11.8 Å². The minimum atomic E-state index is -4.67. The van der Waals surface area contributed by atoms with Crippen molar-refractivity contribution in [2.75, 3.05) is 25.0 Å². The van der Waals surface area contributed by atoms with Crippen LogP contribution in [0.5, 0.6) is 0 Å². The number of hydrogen-bond acceptors (Lipinski definition) is 8. The molecule has 5 aliphatic heterocycles. The number of pyridine rings is 1. The molecule has 17 heteroatoms. The Morgan fingerprint density at radius 3 is 2.34 bits per heavy atom. The first-order valence-electron chi connectivity index (χ1n) is 26.6. The number of aromatic nitrogens is 1. The van der Waals surface area contributed by atoms with Crippen molar-refractivity contribution in [2.45, 2.75) is 164 Å². The molecule has 5 amide bonds. The highest BCUT2D eigenvalue weighted by atomic mass is 35.5. The lowest BCUT2D eigenvalue weighted by Gasteiger charge is -2.58. The molecule has 6 atom stereocenters. The van der Waals surface area contributed by atoms with Gasteiger partial charge < -0.3 is 25.3 Å². The highest BCUT2D eigenvalue weighted by molar-refractivity contribution is 6.30. The van der Waals surface area contributed by atoms with Gasteiger partial charge in [-0.05, 0) is 130 Å². The number of imide groups is 1. The van der Waals surface area contributed by atoms with Gasteiger partial charge in [-0.3, -0.25) is 34.3 Å². The number of carbonyl (C=O) groups is 5. The second-order valence-corrected chi connectivity index (χ2v) is 24.9. The summed E-state index contributed by atoms with van der Waals surface area (Å²) in [5.41, 5.74) is -0.197. The molecule has 74 heavy (non-hydrogen) atoms.